The molecule has 0 saturated carbocycles. The molecule has 2 fully saturated rings. The van der Waals surface area contributed by atoms with Gasteiger partial charge in [-0.25, -0.2) is 4.98 Å². The maximum Gasteiger partial charge on any atom is 0.515 e. The zero-order chi connectivity index (χ0) is 15.3. The topological polar surface area (TPSA) is 34.6 Å². The van der Waals surface area contributed by atoms with Crippen LogP contribution in [0.1, 0.15) is 47.5 Å². The largest absolute Gasteiger partial charge is 0.515 e. The van der Waals surface area contributed by atoms with Gasteiger partial charge in [0.25, 0.3) is 0 Å². The highest BCUT2D eigenvalue weighted by Gasteiger charge is 2.52. The molecule has 4 nitrogen and oxygen atoms in total. The highest BCUT2D eigenvalue weighted by Crippen LogP contribution is 2.36. The van der Waals surface area contributed by atoms with Crippen LogP contribution in [0.2, 0.25) is 0 Å². The first-order valence-corrected chi connectivity index (χ1v) is 8.72. The summed E-state index contributed by atoms with van der Waals surface area (Å²) in [4.78, 5) is 7.17. The minimum atomic E-state index is -0.345. The first-order chi connectivity index (χ1) is 9.78. The monoisotopic (exact) mass is 308 g/mol. The van der Waals surface area contributed by atoms with Crippen LogP contribution in [-0.2, 0) is 9.31 Å². The van der Waals surface area contributed by atoms with Gasteiger partial charge in [0.15, 0.2) is 5.13 Å². The van der Waals surface area contributed by atoms with Crippen LogP contribution in [0, 0.1) is 5.92 Å². The Bertz CT molecular complexity index is 502. The molecule has 2 saturated heterocycles. The molecule has 21 heavy (non-hydrogen) atoms. The second kappa shape index (κ2) is 5.25. The van der Waals surface area contributed by atoms with E-state index in [-0.39, 0.29) is 18.3 Å². The molecule has 2 aliphatic heterocycles. The Labute approximate surface area is 132 Å². The van der Waals surface area contributed by atoms with Crippen LogP contribution >= 0.6 is 11.3 Å². The smallest absolute Gasteiger partial charge is 0.398 e. The molecule has 1 atom stereocenters. The van der Waals surface area contributed by atoms with Crippen molar-refractivity contribution in [3.05, 3.63) is 5.38 Å². The van der Waals surface area contributed by atoms with Gasteiger partial charge in [0.05, 0.1) is 16.8 Å². The molecule has 3 rings (SSSR count). The van der Waals surface area contributed by atoms with E-state index in [1.807, 2.05) is 0 Å². The molecular weight excluding hydrogens is 283 g/mol. The van der Waals surface area contributed by atoms with Gasteiger partial charge in [-0.2, -0.15) is 0 Å². The molecule has 1 aromatic rings. The van der Waals surface area contributed by atoms with Gasteiger partial charge < -0.3 is 14.2 Å². The maximum absolute atomic E-state index is 6.08. The van der Waals surface area contributed by atoms with Gasteiger partial charge in [0.2, 0.25) is 0 Å². The van der Waals surface area contributed by atoms with Crippen molar-refractivity contribution >= 4 is 29.2 Å². The van der Waals surface area contributed by atoms with Crippen LogP contribution in [0.5, 0.6) is 0 Å². The molecule has 0 spiro atoms. The zero-order valence-corrected chi connectivity index (χ0v) is 14.5. The highest BCUT2D eigenvalue weighted by molar-refractivity contribution is 7.14. The summed E-state index contributed by atoms with van der Waals surface area (Å²) in [5, 5.41) is 3.18. The third-order valence-electron chi connectivity index (χ3n) is 4.93. The summed E-state index contributed by atoms with van der Waals surface area (Å²) in [6.45, 7) is 12.8. The Morgan fingerprint density at radius 2 is 1.95 bits per heavy atom. The van der Waals surface area contributed by atoms with E-state index < -0.39 is 0 Å². The predicted octanol–water partition coefficient (Wildman–Crippen LogP) is 2.68. The van der Waals surface area contributed by atoms with E-state index in [2.05, 4.69) is 44.9 Å². The lowest BCUT2D eigenvalue weighted by Crippen LogP contribution is -2.41. The summed E-state index contributed by atoms with van der Waals surface area (Å²) in [5.41, 5.74) is 0.300. The van der Waals surface area contributed by atoms with E-state index in [0.29, 0.717) is 0 Å². The normalized spacial score (nSPS) is 28.1. The summed E-state index contributed by atoms with van der Waals surface area (Å²) >= 11 is 1.70. The lowest BCUT2D eigenvalue weighted by molar-refractivity contribution is 0.00578. The first-order valence-electron chi connectivity index (χ1n) is 7.84. The van der Waals surface area contributed by atoms with Crippen molar-refractivity contribution in [2.75, 3.05) is 18.0 Å². The number of aromatic nitrogens is 1. The van der Waals surface area contributed by atoms with Crippen molar-refractivity contribution in [1.82, 2.24) is 4.98 Å². The third-order valence-corrected chi connectivity index (χ3v) is 5.85. The van der Waals surface area contributed by atoms with Crippen LogP contribution in [0.3, 0.4) is 0 Å². The third kappa shape index (κ3) is 2.85. The fourth-order valence-corrected chi connectivity index (χ4v) is 3.72. The van der Waals surface area contributed by atoms with Gasteiger partial charge in [-0.3, -0.25) is 0 Å². The van der Waals surface area contributed by atoms with Crippen LogP contribution in [0.15, 0.2) is 5.38 Å². The van der Waals surface area contributed by atoms with Crippen molar-refractivity contribution in [3.8, 4) is 0 Å². The molecule has 0 unspecified atom stereocenters. The minimum absolute atomic E-state index is 0.304. The number of hydrogen-bond donors (Lipinski definition) is 0. The molecule has 0 amide bonds. The zero-order valence-electron chi connectivity index (χ0n) is 13.7. The lowest BCUT2D eigenvalue weighted by atomic mass is 9.86. The van der Waals surface area contributed by atoms with Crippen molar-refractivity contribution in [2.45, 2.75) is 58.7 Å². The Hall–Kier alpha value is -0.585. The van der Waals surface area contributed by atoms with Crippen LogP contribution < -0.4 is 10.5 Å². The molecule has 3 heterocycles. The molecular formula is C15H25BN2O2S. The number of rotatable bonds is 2. The fraction of sp³-hybridized carbons (Fsp3) is 0.800. The summed E-state index contributed by atoms with van der Waals surface area (Å²) < 4.78 is 12.2. The standard InChI is InChI=1S/C15H25BN2O2S/c1-11-7-6-8-18(9-11)13-17-12(10-21-13)16-19-14(2,3)15(4,5)20-16/h10-11H,6-9H2,1-5H3/t11-/m1/s1. The Morgan fingerprint density at radius 1 is 1.29 bits per heavy atom. The average molecular weight is 308 g/mol. The van der Waals surface area contributed by atoms with Gasteiger partial charge in [-0.15, -0.1) is 11.3 Å². The molecule has 1 aromatic heterocycles. The maximum atomic E-state index is 6.08. The van der Waals surface area contributed by atoms with Gasteiger partial charge in [-0.05, 0) is 46.5 Å². The predicted molar refractivity (Wildman–Crippen MR) is 88.4 cm³/mol. The van der Waals surface area contributed by atoms with E-state index in [1.165, 1.54) is 12.8 Å². The Balaban J connectivity index is 1.74. The van der Waals surface area contributed by atoms with Gasteiger partial charge >= 0.3 is 7.12 Å². The van der Waals surface area contributed by atoms with E-state index >= 15 is 0 Å². The molecule has 0 N–H and O–H groups in total. The second-order valence-electron chi connectivity index (χ2n) is 7.34. The van der Waals surface area contributed by atoms with Crippen LogP contribution in [0.25, 0.3) is 0 Å². The molecule has 0 bridgehead atoms. The van der Waals surface area contributed by atoms with E-state index in [9.17, 15) is 0 Å². The van der Waals surface area contributed by atoms with Gasteiger partial charge in [0, 0.05) is 18.5 Å². The molecule has 2 aliphatic rings. The number of hydrogen-bond acceptors (Lipinski definition) is 5. The molecule has 6 heteroatoms. The van der Waals surface area contributed by atoms with Gasteiger partial charge in [-0.1, -0.05) is 6.92 Å². The highest BCUT2D eigenvalue weighted by atomic mass is 32.1. The van der Waals surface area contributed by atoms with Crippen LogP contribution in [-0.4, -0.2) is 36.4 Å². The summed E-state index contributed by atoms with van der Waals surface area (Å²) in [6.07, 6.45) is 2.58. The van der Waals surface area contributed by atoms with E-state index in [1.54, 1.807) is 11.3 Å². The SMILES string of the molecule is C[C@@H]1CCCN(c2nc(B3OC(C)(C)C(C)(C)O3)cs2)C1. The molecule has 0 aliphatic carbocycles. The summed E-state index contributed by atoms with van der Waals surface area (Å²) in [6, 6.07) is 0. The minimum Gasteiger partial charge on any atom is -0.398 e. The lowest BCUT2D eigenvalue weighted by Gasteiger charge is -2.32. The van der Waals surface area contributed by atoms with Gasteiger partial charge in [0.1, 0.15) is 0 Å². The summed E-state index contributed by atoms with van der Waals surface area (Å²) in [7, 11) is -0.345. The number of nitrogens with zero attached hydrogens (tertiary/aromatic N) is 2. The number of thiazole rings is 1. The quantitative estimate of drug-likeness (QED) is 0.787. The first kappa shape index (κ1) is 15.3. The number of piperidine rings is 1. The van der Waals surface area contributed by atoms with Crippen molar-refractivity contribution in [1.29, 1.82) is 0 Å². The number of anilines is 1. The van der Waals surface area contributed by atoms with Crippen molar-refractivity contribution < 1.29 is 9.31 Å². The van der Waals surface area contributed by atoms with Crippen molar-refractivity contribution in [3.63, 3.8) is 0 Å². The Morgan fingerprint density at radius 3 is 2.57 bits per heavy atom. The van der Waals surface area contributed by atoms with E-state index in [4.69, 9.17) is 14.3 Å². The van der Waals surface area contributed by atoms with Crippen LogP contribution in [0.4, 0.5) is 5.13 Å². The summed E-state index contributed by atoms with van der Waals surface area (Å²) in [5.74, 6) is 0.753. The molecule has 0 radical (unpaired) electrons. The van der Waals surface area contributed by atoms with Crippen molar-refractivity contribution in [2.24, 2.45) is 5.92 Å². The second-order valence-corrected chi connectivity index (χ2v) is 8.17. The Kier molecular flexibility index (Phi) is 3.83. The van der Waals surface area contributed by atoms with E-state index in [0.717, 1.165) is 29.7 Å². The fourth-order valence-electron chi connectivity index (χ4n) is 2.86. The molecule has 116 valence electrons. The molecule has 0 aromatic carbocycles. The average Bonchev–Trinajstić information content (AvgIpc) is 2.93.